The molecule has 1 heterocycles. The first-order valence-corrected chi connectivity index (χ1v) is 7.63. The summed E-state index contributed by atoms with van der Waals surface area (Å²) >= 11 is 5.91. The van der Waals surface area contributed by atoms with Gasteiger partial charge in [-0.15, -0.1) is 0 Å². The summed E-state index contributed by atoms with van der Waals surface area (Å²) in [6.07, 6.45) is 1.65. The maximum absolute atomic E-state index is 12.0. The Morgan fingerprint density at radius 1 is 1.17 bits per heavy atom. The van der Waals surface area contributed by atoms with Crippen LogP contribution in [0.2, 0.25) is 5.02 Å². The molecule has 0 N–H and O–H groups in total. The molecular formula is C17H16ClNO4. The minimum Gasteiger partial charge on any atom is -0.460 e. The summed E-state index contributed by atoms with van der Waals surface area (Å²) in [6, 6.07) is 7.26. The Bertz CT molecular complexity index is 757. The number of rotatable bonds is 7. The third-order valence-corrected chi connectivity index (χ3v) is 3.45. The van der Waals surface area contributed by atoms with Crippen molar-refractivity contribution in [2.24, 2.45) is 0 Å². The van der Waals surface area contributed by atoms with Gasteiger partial charge in [0.05, 0.1) is 17.1 Å². The highest BCUT2D eigenvalue weighted by Crippen LogP contribution is 2.19. The highest BCUT2D eigenvalue weighted by molar-refractivity contribution is 6.33. The minimum atomic E-state index is -0.883. The van der Waals surface area contributed by atoms with Crippen LogP contribution in [0, 0.1) is 0 Å². The second kappa shape index (κ2) is 7.83. The Kier molecular flexibility index (Phi) is 5.82. The zero-order valence-electron chi connectivity index (χ0n) is 12.7. The van der Waals surface area contributed by atoms with Gasteiger partial charge >= 0.3 is 5.97 Å². The third-order valence-electron chi connectivity index (χ3n) is 3.25. The molecule has 0 aliphatic rings. The number of pyridine rings is 1. The van der Waals surface area contributed by atoms with Gasteiger partial charge in [-0.2, -0.15) is 0 Å². The SMILES string of the molecule is CCOC(=O)C(=O)CCC(=O)Cc1ccc2ncc(Cl)cc2c1. The van der Waals surface area contributed by atoms with Gasteiger partial charge in [0.15, 0.2) is 0 Å². The second-order valence-electron chi connectivity index (χ2n) is 5.04. The third kappa shape index (κ3) is 4.86. The molecule has 6 heteroatoms. The van der Waals surface area contributed by atoms with Crippen LogP contribution in [0.4, 0.5) is 0 Å². The summed E-state index contributed by atoms with van der Waals surface area (Å²) < 4.78 is 4.59. The molecule has 0 aliphatic heterocycles. The number of Topliss-reactive ketones (excluding diaryl/α,β-unsaturated/α-hetero) is 2. The van der Waals surface area contributed by atoms with Crippen LogP contribution in [-0.4, -0.2) is 29.1 Å². The summed E-state index contributed by atoms with van der Waals surface area (Å²) in [4.78, 5) is 38.8. The van der Waals surface area contributed by atoms with Crippen LogP contribution in [0.1, 0.15) is 25.3 Å². The predicted octanol–water partition coefficient (Wildman–Crippen LogP) is 2.91. The molecule has 2 aromatic rings. The largest absolute Gasteiger partial charge is 0.460 e. The maximum Gasteiger partial charge on any atom is 0.374 e. The number of hydrogen-bond donors (Lipinski definition) is 0. The molecule has 1 aromatic heterocycles. The summed E-state index contributed by atoms with van der Waals surface area (Å²) in [5.74, 6) is -1.67. The quantitative estimate of drug-likeness (QED) is 0.575. The molecular weight excluding hydrogens is 318 g/mol. The molecule has 23 heavy (non-hydrogen) atoms. The molecule has 0 radical (unpaired) electrons. The standard InChI is InChI=1S/C17H16ClNO4/c1-2-23-17(22)16(21)6-4-14(20)8-11-3-5-15-12(7-11)9-13(18)10-19-15/h3,5,7,9-10H,2,4,6,8H2,1H3. The van der Waals surface area contributed by atoms with Crippen molar-refractivity contribution < 1.29 is 19.1 Å². The zero-order chi connectivity index (χ0) is 16.8. The van der Waals surface area contributed by atoms with Gasteiger partial charge in [0.25, 0.3) is 0 Å². The van der Waals surface area contributed by atoms with E-state index in [4.69, 9.17) is 11.6 Å². The molecule has 1 aromatic carbocycles. The first kappa shape index (κ1) is 17.1. The van der Waals surface area contributed by atoms with Crippen LogP contribution >= 0.6 is 11.6 Å². The molecule has 5 nitrogen and oxygen atoms in total. The topological polar surface area (TPSA) is 73.3 Å². The summed E-state index contributed by atoms with van der Waals surface area (Å²) in [6.45, 7) is 1.77. The average Bonchev–Trinajstić information content (AvgIpc) is 2.52. The van der Waals surface area contributed by atoms with Crippen molar-refractivity contribution >= 4 is 40.0 Å². The number of hydrogen-bond acceptors (Lipinski definition) is 5. The van der Waals surface area contributed by atoms with Crippen LogP contribution in [-0.2, 0) is 25.5 Å². The van der Waals surface area contributed by atoms with Gasteiger partial charge in [0.1, 0.15) is 5.78 Å². The molecule has 0 atom stereocenters. The number of ether oxygens (including phenoxy) is 1. The van der Waals surface area contributed by atoms with E-state index in [2.05, 4.69) is 9.72 Å². The molecule has 0 spiro atoms. The molecule has 0 fully saturated rings. The van der Waals surface area contributed by atoms with Crippen molar-refractivity contribution in [3.8, 4) is 0 Å². The van der Waals surface area contributed by atoms with E-state index in [0.29, 0.717) is 5.02 Å². The number of esters is 1. The first-order valence-electron chi connectivity index (χ1n) is 7.25. The molecule has 0 bridgehead atoms. The lowest BCUT2D eigenvalue weighted by Crippen LogP contribution is -2.18. The van der Waals surface area contributed by atoms with E-state index in [1.165, 1.54) is 0 Å². The Morgan fingerprint density at radius 3 is 2.70 bits per heavy atom. The van der Waals surface area contributed by atoms with Gasteiger partial charge in [0, 0.05) is 30.8 Å². The lowest BCUT2D eigenvalue weighted by molar-refractivity contribution is -0.153. The van der Waals surface area contributed by atoms with E-state index in [1.54, 1.807) is 19.2 Å². The second-order valence-corrected chi connectivity index (χ2v) is 5.48. The van der Waals surface area contributed by atoms with Gasteiger partial charge in [-0.1, -0.05) is 17.7 Å². The van der Waals surface area contributed by atoms with Crippen molar-refractivity contribution in [3.05, 3.63) is 41.0 Å². The highest BCUT2D eigenvalue weighted by atomic mass is 35.5. The summed E-state index contributed by atoms with van der Waals surface area (Å²) in [7, 11) is 0. The first-order chi connectivity index (χ1) is 11.0. The molecule has 120 valence electrons. The molecule has 2 rings (SSSR count). The summed E-state index contributed by atoms with van der Waals surface area (Å²) in [5, 5.41) is 1.38. The maximum atomic E-state index is 12.0. The molecule has 0 saturated carbocycles. The number of carbonyl (C=O) groups excluding carboxylic acids is 3. The van der Waals surface area contributed by atoms with E-state index in [0.717, 1.165) is 16.5 Å². The van der Waals surface area contributed by atoms with E-state index >= 15 is 0 Å². The van der Waals surface area contributed by atoms with Crippen molar-refractivity contribution in [2.75, 3.05) is 6.61 Å². The smallest absolute Gasteiger partial charge is 0.374 e. The number of halogens is 1. The number of benzene rings is 1. The number of aromatic nitrogens is 1. The van der Waals surface area contributed by atoms with Gasteiger partial charge in [-0.25, -0.2) is 4.79 Å². The van der Waals surface area contributed by atoms with Gasteiger partial charge in [-0.3, -0.25) is 14.6 Å². The number of nitrogens with zero attached hydrogens (tertiary/aromatic N) is 1. The number of carbonyl (C=O) groups is 3. The fourth-order valence-corrected chi connectivity index (χ4v) is 2.31. The Morgan fingerprint density at radius 2 is 1.96 bits per heavy atom. The van der Waals surface area contributed by atoms with E-state index in [9.17, 15) is 14.4 Å². The Labute approximate surface area is 138 Å². The Balaban J connectivity index is 1.95. The van der Waals surface area contributed by atoms with Gasteiger partial charge in [-0.05, 0) is 30.7 Å². The lowest BCUT2D eigenvalue weighted by Gasteiger charge is -2.04. The van der Waals surface area contributed by atoms with Gasteiger partial charge < -0.3 is 4.74 Å². The van der Waals surface area contributed by atoms with Crippen LogP contribution in [0.15, 0.2) is 30.5 Å². The Hall–Kier alpha value is -2.27. The zero-order valence-corrected chi connectivity index (χ0v) is 13.4. The minimum absolute atomic E-state index is 0.0173. The van der Waals surface area contributed by atoms with Gasteiger partial charge in [0.2, 0.25) is 5.78 Å². The van der Waals surface area contributed by atoms with Crippen LogP contribution < -0.4 is 0 Å². The lowest BCUT2D eigenvalue weighted by atomic mass is 10.0. The fraction of sp³-hybridized carbons (Fsp3) is 0.294. The monoisotopic (exact) mass is 333 g/mol. The summed E-state index contributed by atoms with van der Waals surface area (Å²) in [5.41, 5.74) is 1.61. The van der Waals surface area contributed by atoms with Crippen molar-refractivity contribution in [3.63, 3.8) is 0 Å². The molecule has 0 amide bonds. The van der Waals surface area contributed by atoms with E-state index in [1.807, 2.05) is 18.2 Å². The highest BCUT2D eigenvalue weighted by Gasteiger charge is 2.16. The van der Waals surface area contributed by atoms with Crippen molar-refractivity contribution in [1.82, 2.24) is 4.98 Å². The van der Waals surface area contributed by atoms with Crippen molar-refractivity contribution in [2.45, 2.75) is 26.2 Å². The fourth-order valence-electron chi connectivity index (χ4n) is 2.15. The van der Waals surface area contributed by atoms with Crippen LogP contribution in [0.5, 0.6) is 0 Å². The molecule has 0 saturated heterocycles. The van der Waals surface area contributed by atoms with E-state index < -0.39 is 11.8 Å². The number of fused-ring (bicyclic) bond motifs is 1. The van der Waals surface area contributed by atoms with Crippen LogP contribution in [0.25, 0.3) is 10.9 Å². The molecule has 0 aliphatic carbocycles. The predicted molar refractivity (Wildman–Crippen MR) is 86.3 cm³/mol. The molecule has 0 unspecified atom stereocenters. The van der Waals surface area contributed by atoms with Crippen LogP contribution in [0.3, 0.4) is 0 Å². The van der Waals surface area contributed by atoms with E-state index in [-0.39, 0.29) is 31.7 Å². The average molecular weight is 334 g/mol. The number of ketones is 2. The normalized spacial score (nSPS) is 10.5. The van der Waals surface area contributed by atoms with Crippen molar-refractivity contribution in [1.29, 1.82) is 0 Å².